The molecule has 0 aliphatic carbocycles. The summed E-state index contributed by atoms with van der Waals surface area (Å²) in [6, 6.07) is 1.97. The first-order chi connectivity index (χ1) is 6.38. The Morgan fingerprint density at radius 2 is 2.14 bits per heavy atom. The van der Waals surface area contributed by atoms with Gasteiger partial charge in [-0.2, -0.15) is 0 Å². The molecule has 14 heavy (non-hydrogen) atoms. The highest BCUT2D eigenvalue weighted by atomic mass is 19.4. The van der Waals surface area contributed by atoms with Crippen molar-refractivity contribution in [3.05, 3.63) is 24.0 Å². The van der Waals surface area contributed by atoms with Gasteiger partial charge in [0.05, 0.1) is 0 Å². The minimum Gasteiger partial charge on any atom is -0.406 e. The zero-order valence-electron chi connectivity index (χ0n) is 7.13. The van der Waals surface area contributed by atoms with Crippen LogP contribution >= 0.6 is 0 Å². The van der Waals surface area contributed by atoms with Crippen LogP contribution in [0.4, 0.5) is 13.2 Å². The van der Waals surface area contributed by atoms with Crippen molar-refractivity contribution >= 4 is 5.78 Å². The largest absolute Gasteiger partial charge is 0.573 e. The maximum Gasteiger partial charge on any atom is 0.573 e. The van der Waals surface area contributed by atoms with Gasteiger partial charge in [-0.05, 0) is 6.07 Å². The van der Waals surface area contributed by atoms with Crippen molar-refractivity contribution in [2.45, 2.75) is 13.3 Å². The van der Waals surface area contributed by atoms with E-state index in [1.165, 1.54) is 6.92 Å². The number of aromatic nitrogens is 1. The lowest BCUT2D eigenvalue weighted by atomic mass is 10.3. The van der Waals surface area contributed by atoms with Crippen LogP contribution in [-0.2, 0) is 0 Å². The molecule has 0 aliphatic rings. The normalized spacial score (nSPS) is 11.1. The summed E-state index contributed by atoms with van der Waals surface area (Å²) in [7, 11) is 0. The van der Waals surface area contributed by atoms with E-state index in [1.807, 2.05) is 0 Å². The standard InChI is InChI=1S/C8H6F3NO2/c1-5(13)7-4-6(2-3-12-7)14-8(9,10)11/h2-4H,1H3. The topological polar surface area (TPSA) is 39.2 Å². The van der Waals surface area contributed by atoms with Crippen LogP contribution < -0.4 is 4.74 Å². The number of hydrogen-bond donors (Lipinski definition) is 0. The van der Waals surface area contributed by atoms with E-state index in [9.17, 15) is 18.0 Å². The van der Waals surface area contributed by atoms with Gasteiger partial charge in [0.25, 0.3) is 0 Å². The van der Waals surface area contributed by atoms with E-state index >= 15 is 0 Å². The number of hydrogen-bond acceptors (Lipinski definition) is 3. The number of carbonyl (C=O) groups is 1. The number of carbonyl (C=O) groups excluding carboxylic acids is 1. The third-order valence-corrected chi connectivity index (χ3v) is 1.33. The molecule has 76 valence electrons. The Labute approximate surface area is 77.5 Å². The van der Waals surface area contributed by atoms with Crippen LogP contribution in [0.5, 0.6) is 5.75 Å². The van der Waals surface area contributed by atoms with Crippen molar-refractivity contribution in [3.8, 4) is 5.75 Å². The molecule has 0 fully saturated rings. The van der Waals surface area contributed by atoms with Crippen LogP contribution in [0, 0.1) is 0 Å². The van der Waals surface area contributed by atoms with Gasteiger partial charge >= 0.3 is 6.36 Å². The minimum absolute atomic E-state index is 0.0632. The van der Waals surface area contributed by atoms with Gasteiger partial charge in [0.15, 0.2) is 5.78 Å². The molecular formula is C8H6F3NO2. The molecule has 1 aromatic heterocycles. The fraction of sp³-hybridized carbons (Fsp3) is 0.250. The van der Waals surface area contributed by atoms with Crippen LogP contribution in [0.1, 0.15) is 17.4 Å². The van der Waals surface area contributed by atoms with Gasteiger partial charge < -0.3 is 4.74 Å². The van der Waals surface area contributed by atoms with Gasteiger partial charge in [0, 0.05) is 19.2 Å². The molecule has 0 N–H and O–H groups in total. The minimum atomic E-state index is -4.75. The summed E-state index contributed by atoms with van der Waals surface area (Å²) < 4.78 is 38.8. The summed E-state index contributed by atoms with van der Waals surface area (Å²) in [5, 5.41) is 0. The Hall–Kier alpha value is -1.59. The number of alkyl halides is 3. The van der Waals surface area contributed by atoms with Crippen LogP contribution in [0.15, 0.2) is 18.3 Å². The average molecular weight is 205 g/mol. The number of Topliss-reactive ketones (excluding diaryl/α,β-unsaturated/α-hetero) is 1. The van der Waals surface area contributed by atoms with Gasteiger partial charge in [0.1, 0.15) is 11.4 Å². The van der Waals surface area contributed by atoms with E-state index < -0.39 is 17.9 Å². The summed E-state index contributed by atoms with van der Waals surface area (Å²) in [5.74, 6) is -0.865. The van der Waals surface area contributed by atoms with E-state index in [0.29, 0.717) is 0 Å². The maximum absolute atomic E-state index is 11.7. The first-order valence-corrected chi connectivity index (χ1v) is 3.61. The van der Waals surface area contributed by atoms with E-state index in [-0.39, 0.29) is 5.69 Å². The molecule has 0 radical (unpaired) electrons. The summed E-state index contributed by atoms with van der Waals surface area (Å²) in [5.41, 5.74) is -0.0632. The van der Waals surface area contributed by atoms with E-state index in [4.69, 9.17) is 0 Å². The number of ether oxygens (including phenoxy) is 1. The molecular weight excluding hydrogens is 199 g/mol. The maximum atomic E-state index is 11.7. The summed E-state index contributed by atoms with van der Waals surface area (Å²) in [6.45, 7) is 1.21. The van der Waals surface area contributed by atoms with Gasteiger partial charge in [-0.25, -0.2) is 0 Å². The van der Waals surface area contributed by atoms with E-state index in [1.54, 1.807) is 0 Å². The second-order valence-corrected chi connectivity index (χ2v) is 2.48. The Morgan fingerprint density at radius 3 is 2.64 bits per heavy atom. The number of halogens is 3. The molecule has 0 unspecified atom stereocenters. The summed E-state index contributed by atoms with van der Waals surface area (Å²) in [4.78, 5) is 14.3. The lowest BCUT2D eigenvalue weighted by Crippen LogP contribution is -2.17. The van der Waals surface area contributed by atoms with Crippen LogP contribution in [0.25, 0.3) is 0 Å². The highest BCUT2D eigenvalue weighted by molar-refractivity contribution is 5.92. The number of rotatable bonds is 2. The molecule has 0 aromatic carbocycles. The molecule has 0 saturated heterocycles. The molecule has 0 spiro atoms. The molecule has 1 aromatic rings. The lowest BCUT2D eigenvalue weighted by Gasteiger charge is -2.08. The van der Waals surface area contributed by atoms with Crippen LogP contribution in [0.3, 0.4) is 0 Å². The molecule has 0 aliphatic heterocycles. The van der Waals surface area contributed by atoms with Crippen molar-refractivity contribution in [2.24, 2.45) is 0 Å². The van der Waals surface area contributed by atoms with Gasteiger partial charge in [-0.1, -0.05) is 0 Å². The predicted octanol–water partition coefficient (Wildman–Crippen LogP) is 2.18. The second-order valence-electron chi connectivity index (χ2n) is 2.48. The monoisotopic (exact) mass is 205 g/mol. The predicted molar refractivity (Wildman–Crippen MR) is 40.9 cm³/mol. The molecule has 0 atom stereocenters. The molecule has 0 amide bonds. The molecule has 1 rings (SSSR count). The Balaban J connectivity index is 2.89. The first kappa shape index (κ1) is 10.5. The quantitative estimate of drug-likeness (QED) is 0.694. The Kier molecular flexibility index (Phi) is 2.73. The van der Waals surface area contributed by atoms with Gasteiger partial charge in [-0.3, -0.25) is 9.78 Å². The van der Waals surface area contributed by atoms with Gasteiger partial charge in [0.2, 0.25) is 0 Å². The third-order valence-electron chi connectivity index (χ3n) is 1.33. The Bertz CT molecular complexity index is 349. The smallest absolute Gasteiger partial charge is 0.406 e. The van der Waals surface area contributed by atoms with Crippen molar-refractivity contribution in [1.29, 1.82) is 0 Å². The highest BCUT2D eigenvalue weighted by Crippen LogP contribution is 2.22. The number of nitrogens with zero attached hydrogens (tertiary/aromatic N) is 1. The fourth-order valence-electron chi connectivity index (χ4n) is 0.801. The molecule has 0 saturated carbocycles. The Morgan fingerprint density at radius 1 is 1.50 bits per heavy atom. The van der Waals surface area contributed by atoms with Crippen LogP contribution in [-0.4, -0.2) is 17.1 Å². The molecule has 6 heteroatoms. The molecule has 3 nitrogen and oxygen atoms in total. The number of ketones is 1. The van der Waals surface area contributed by atoms with Crippen molar-refractivity contribution in [3.63, 3.8) is 0 Å². The third kappa shape index (κ3) is 3.04. The van der Waals surface area contributed by atoms with Crippen molar-refractivity contribution < 1.29 is 22.7 Å². The first-order valence-electron chi connectivity index (χ1n) is 3.61. The SMILES string of the molecule is CC(=O)c1cc(OC(F)(F)F)ccn1. The molecule has 1 heterocycles. The lowest BCUT2D eigenvalue weighted by molar-refractivity contribution is -0.274. The fourth-order valence-corrected chi connectivity index (χ4v) is 0.801. The zero-order chi connectivity index (χ0) is 10.8. The average Bonchev–Trinajstić information content (AvgIpc) is 2.01. The van der Waals surface area contributed by atoms with E-state index in [0.717, 1.165) is 18.3 Å². The second kappa shape index (κ2) is 3.65. The summed E-state index contributed by atoms with van der Waals surface area (Å²) in [6.07, 6.45) is -3.67. The van der Waals surface area contributed by atoms with Gasteiger partial charge in [-0.15, -0.1) is 13.2 Å². The van der Waals surface area contributed by atoms with E-state index in [2.05, 4.69) is 9.72 Å². The van der Waals surface area contributed by atoms with Crippen LogP contribution in [0.2, 0.25) is 0 Å². The molecule has 0 bridgehead atoms. The van der Waals surface area contributed by atoms with Crippen molar-refractivity contribution in [1.82, 2.24) is 4.98 Å². The number of pyridine rings is 1. The zero-order valence-corrected chi connectivity index (χ0v) is 7.13. The highest BCUT2D eigenvalue weighted by Gasteiger charge is 2.31. The summed E-state index contributed by atoms with van der Waals surface area (Å²) >= 11 is 0. The van der Waals surface area contributed by atoms with Crippen molar-refractivity contribution in [2.75, 3.05) is 0 Å².